The Kier molecular flexibility index (Phi) is 5.84. The Hall–Kier alpha value is -4.00. The van der Waals surface area contributed by atoms with Gasteiger partial charge in [-0.2, -0.15) is 0 Å². The maximum Gasteiger partial charge on any atom is 0.270 e. The largest absolute Gasteiger partial charge is 0.353 e. The number of benzene rings is 3. The van der Waals surface area contributed by atoms with Gasteiger partial charge in [0.05, 0.1) is 4.92 Å². The normalized spacial score (nSPS) is 14.1. The first-order chi connectivity index (χ1) is 16.5. The average molecular weight is 458 g/mol. The van der Waals surface area contributed by atoms with Gasteiger partial charge in [-0.05, 0) is 47.7 Å². The predicted octanol–water partition coefficient (Wildman–Crippen LogP) is 5.54. The fraction of sp³-hybridized carbons (Fsp3) is 0.222. The second-order valence-corrected chi connectivity index (χ2v) is 8.81. The van der Waals surface area contributed by atoms with Gasteiger partial charge in [0.1, 0.15) is 5.82 Å². The zero-order valence-electron chi connectivity index (χ0n) is 18.5. The van der Waals surface area contributed by atoms with Crippen molar-refractivity contribution < 1.29 is 14.1 Å². The summed E-state index contributed by atoms with van der Waals surface area (Å²) in [6.45, 7) is 0.569. The van der Waals surface area contributed by atoms with Crippen molar-refractivity contribution in [1.29, 1.82) is 0 Å². The number of halogens is 1. The van der Waals surface area contributed by atoms with Crippen LogP contribution in [0.25, 0.3) is 10.9 Å². The van der Waals surface area contributed by atoms with Crippen LogP contribution in [-0.2, 0) is 11.3 Å². The minimum absolute atomic E-state index is 0.0216. The fourth-order valence-electron chi connectivity index (χ4n) is 4.45. The van der Waals surface area contributed by atoms with Crippen LogP contribution in [0.1, 0.15) is 41.9 Å². The molecular weight excluding hydrogens is 433 g/mol. The molecule has 1 atom stereocenters. The number of nitro groups is 1. The topological polar surface area (TPSA) is 77.2 Å². The number of nitro benzene ring substituents is 1. The zero-order chi connectivity index (χ0) is 23.7. The first kappa shape index (κ1) is 21.8. The summed E-state index contributed by atoms with van der Waals surface area (Å²) in [5, 5.41) is 15.2. The van der Waals surface area contributed by atoms with Crippen LogP contribution < -0.4 is 5.32 Å². The van der Waals surface area contributed by atoms with E-state index in [1.807, 2.05) is 41.1 Å². The number of hydrogen-bond donors (Lipinski definition) is 1. The van der Waals surface area contributed by atoms with E-state index < -0.39 is 10.8 Å². The minimum atomic E-state index is -0.448. The molecule has 1 saturated carbocycles. The van der Waals surface area contributed by atoms with Gasteiger partial charge in [-0.25, -0.2) is 4.39 Å². The smallest absolute Gasteiger partial charge is 0.270 e. The number of aromatic nitrogens is 1. The summed E-state index contributed by atoms with van der Waals surface area (Å²) in [5.74, 6) is -0.939. The summed E-state index contributed by atoms with van der Waals surface area (Å²) in [4.78, 5) is 23.9. The number of non-ortho nitro benzene ring substituents is 1. The molecule has 0 saturated heterocycles. The molecule has 1 aromatic heterocycles. The highest BCUT2D eigenvalue weighted by atomic mass is 19.1. The van der Waals surface area contributed by atoms with Crippen LogP contribution in [0.15, 0.2) is 79.0 Å². The Bertz CT molecular complexity index is 1360. The lowest BCUT2D eigenvalue weighted by atomic mass is 9.88. The molecule has 5 rings (SSSR count). The molecule has 172 valence electrons. The standard InChI is InChI=1S/C27H24FN3O3/c28-20-8-4-7-19(13-20)23(15-27(32)29-21-9-10-21)25-17-30(16-18-5-2-1-3-6-18)26-12-11-22(31(33)34)14-24(25)26/h1-8,11-14,17,21,23H,9-10,15-16H2,(H,29,32). The quantitative estimate of drug-likeness (QED) is 0.279. The van der Waals surface area contributed by atoms with Crippen molar-refractivity contribution in [3.8, 4) is 0 Å². The third kappa shape index (κ3) is 4.69. The first-order valence-corrected chi connectivity index (χ1v) is 11.3. The molecule has 1 fully saturated rings. The third-order valence-corrected chi connectivity index (χ3v) is 6.26. The predicted molar refractivity (Wildman–Crippen MR) is 128 cm³/mol. The molecule has 1 heterocycles. The van der Waals surface area contributed by atoms with Crippen molar-refractivity contribution in [3.05, 3.63) is 112 Å². The second-order valence-electron chi connectivity index (χ2n) is 8.81. The van der Waals surface area contributed by atoms with Gasteiger partial charge < -0.3 is 9.88 Å². The summed E-state index contributed by atoms with van der Waals surface area (Å²) >= 11 is 0. The van der Waals surface area contributed by atoms with E-state index in [0.717, 1.165) is 29.5 Å². The van der Waals surface area contributed by atoms with Crippen molar-refractivity contribution in [1.82, 2.24) is 9.88 Å². The van der Waals surface area contributed by atoms with E-state index in [4.69, 9.17) is 0 Å². The van der Waals surface area contributed by atoms with E-state index in [0.29, 0.717) is 17.5 Å². The van der Waals surface area contributed by atoms with E-state index in [2.05, 4.69) is 5.32 Å². The molecule has 0 radical (unpaired) electrons. The van der Waals surface area contributed by atoms with Gasteiger partial charge in [-0.1, -0.05) is 42.5 Å². The molecule has 3 aromatic carbocycles. The van der Waals surface area contributed by atoms with Crippen LogP contribution in [0.3, 0.4) is 0 Å². The summed E-state index contributed by atoms with van der Waals surface area (Å²) in [7, 11) is 0. The molecule has 34 heavy (non-hydrogen) atoms. The average Bonchev–Trinajstić information content (AvgIpc) is 3.58. The van der Waals surface area contributed by atoms with Crippen molar-refractivity contribution in [2.45, 2.75) is 37.8 Å². The van der Waals surface area contributed by atoms with E-state index >= 15 is 0 Å². The number of carbonyl (C=O) groups excluding carboxylic acids is 1. The lowest BCUT2D eigenvalue weighted by Gasteiger charge is -2.17. The summed E-state index contributed by atoms with van der Waals surface area (Å²) < 4.78 is 16.2. The van der Waals surface area contributed by atoms with Crippen LogP contribution in [0.5, 0.6) is 0 Å². The third-order valence-electron chi connectivity index (χ3n) is 6.26. The molecule has 6 nitrogen and oxygen atoms in total. The van der Waals surface area contributed by atoms with Crippen molar-refractivity contribution in [2.24, 2.45) is 0 Å². The number of amides is 1. The Labute approximate surface area is 196 Å². The molecule has 0 spiro atoms. The minimum Gasteiger partial charge on any atom is -0.353 e. The van der Waals surface area contributed by atoms with Gasteiger partial charge in [0.25, 0.3) is 5.69 Å². The maximum atomic E-state index is 14.2. The van der Waals surface area contributed by atoms with Gasteiger partial charge in [-0.15, -0.1) is 0 Å². The van der Waals surface area contributed by atoms with Crippen LogP contribution in [0.4, 0.5) is 10.1 Å². The second kappa shape index (κ2) is 9.09. The molecule has 0 aliphatic heterocycles. The molecule has 1 unspecified atom stereocenters. The van der Waals surface area contributed by atoms with E-state index in [-0.39, 0.29) is 29.9 Å². The molecule has 7 heteroatoms. The molecule has 1 amide bonds. The van der Waals surface area contributed by atoms with Crippen molar-refractivity contribution in [2.75, 3.05) is 0 Å². The molecule has 1 N–H and O–H groups in total. The highest BCUT2D eigenvalue weighted by Gasteiger charge is 2.28. The van der Waals surface area contributed by atoms with Gasteiger partial charge in [0, 0.05) is 54.2 Å². The molecule has 1 aliphatic carbocycles. The monoisotopic (exact) mass is 457 g/mol. The fourth-order valence-corrected chi connectivity index (χ4v) is 4.45. The molecule has 1 aliphatic rings. The highest BCUT2D eigenvalue weighted by Crippen LogP contribution is 2.37. The van der Waals surface area contributed by atoms with Crippen molar-refractivity contribution >= 4 is 22.5 Å². The lowest BCUT2D eigenvalue weighted by molar-refractivity contribution is -0.384. The van der Waals surface area contributed by atoms with Crippen LogP contribution in [-0.4, -0.2) is 21.4 Å². The van der Waals surface area contributed by atoms with Gasteiger partial charge in [0.15, 0.2) is 0 Å². The highest BCUT2D eigenvalue weighted by molar-refractivity contribution is 5.88. The summed E-state index contributed by atoms with van der Waals surface area (Å²) in [6.07, 6.45) is 4.02. The molecular formula is C27H24FN3O3. The number of fused-ring (bicyclic) bond motifs is 1. The Morgan fingerprint density at radius 1 is 1.09 bits per heavy atom. The summed E-state index contributed by atoms with van der Waals surface area (Å²) in [5.41, 5.74) is 3.32. The van der Waals surface area contributed by atoms with Gasteiger partial charge in [-0.3, -0.25) is 14.9 Å². The Morgan fingerprint density at radius 3 is 2.59 bits per heavy atom. The molecule has 4 aromatic rings. The van der Waals surface area contributed by atoms with Crippen LogP contribution in [0, 0.1) is 15.9 Å². The Balaban J connectivity index is 1.64. The number of carbonyl (C=O) groups is 1. The number of hydrogen-bond acceptors (Lipinski definition) is 3. The summed E-state index contributed by atoms with van der Waals surface area (Å²) in [6, 6.07) is 21.1. The lowest BCUT2D eigenvalue weighted by Crippen LogP contribution is -2.27. The molecule has 0 bridgehead atoms. The number of rotatable bonds is 8. The Morgan fingerprint density at radius 2 is 1.88 bits per heavy atom. The zero-order valence-corrected chi connectivity index (χ0v) is 18.5. The van der Waals surface area contributed by atoms with Gasteiger partial charge >= 0.3 is 0 Å². The maximum absolute atomic E-state index is 14.2. The first-order valence-electron chi connectivity index (χ1n) is 11.3. The van der Waals surface area contributed by atoms with E-state index in [1.54, 1.807) is 24.3 Å². The van der Waals surface area contributed by atoms with Gasteiger partial charge in [0.2, 0.25) is 5.91 Å². The van der Waals surface area contributed by atoms with Crippen molar-refractivity contribution in [3.63, 3.8) is 0 Å². The van der Waals surface area contributed by atoms with Crippen LogP contribution in [0.2, 0.25) is 0 Å². The van der Waals surface area contributed by atoms with E-state index in [9.17, 15) is 19.3 Å². The van der Waals surface area contributed by atoms with E-state index in [1.165, 1.54) is 18.2 Å². The number of nitrogens with one attached hydrogen (secondary N) is 1. The SMILES string of the molecule is O=C(CC(c1cccc(F)c1)c1cn(Cc2ccccc2)c2ccc([N+](=O)[O-])cc12)NC1CC1. The number of nitrogens with zero attached hydrogens (tertiary/aromatic N) is 2. The van der Waals surface area contributed by atoms with Crippen LogP contribution >= 0.6 is 0 Å².